The standard InChI is InChI=1S/C8H15NO2S/c1-6(2)12(10,11)9-8-3-7(4-8)5-8/h6-7,9H,3-5H2,1-2H3. The van der Waals surface area contributed by atoms with Gasteiger partial charge in [-0.3, -0.25) is 0 Å². The van der Waals surface area contributed by atoms with Crippen molar-refractivity contribution < 1.29 is 8.42 Å². The highest BCUT2D eigenvalue weighted by Crippen LogP contribution is 2.57. The van der Waals surface area contributed by atoms with E-state index in [-0.39, 0.29) is 10.8 Å². The zero-order valence-corrected chi connectivity index (χ0v) is 8.32. The van der Waals surface area contributed by atoms with E-state index in [1.165, 1.54) is 0 Å². The van der Waals surface area contributed by atoms with Gasteiger partial charge in [-0.05, 0) is 39.0 Å². The van der Waals surface area contributed by atoms with E-state index >= 15 is 0 Å². The molecule has 0 aromatic heterocycles. The molecule has 0 aromatic rings. The van der Waals surface area contributed by atoms with E-state index in [1.807, 2.05) is 0 Å². The van der Waals surface area contributed by atoms with Crippen molar-refractivity contribution in [3.63, 3.8) is 0 Å². The Hall–Kier alpha value is -0.0900. The van der Waals surface area contributed by atoms with Gasteiger partial charge in [0.15, 0.2) is 0 Å². The molecule has 0 radical (unpaired) electrons. The van der Waals surface area contributed by atoms with Crippen LogP contribution in [0.3, 0.4) is 0 Å². The largest absolute Gasteiger partial charge is 0.214 e. The van der Waals surface area contributed by atoms with Crippen LogP contribution in [0.25, 0.3) is 0 Å². The third-order valence-electron chi connectivity index (χ3n) is 3.02. The Morgan fingerprint density at radius 2 is 1.83 bits per heavy atom. The van der Waals surface area contributed by atoms with Crippen molar-refractivity contribution >= 4 is 10.0 Å². The molecule has 0 saturated heterocycles. The van der Waals surface area contributed by atoms with E-state index in [0.717, 1.165) is 25.2 Å². The van der Waals surface area contributed by atoms with Gasteiger partial charge in [0.1, 0.15) is 0 Å². The topological polar surface area (TPSA) is 46.2 Å². The minimum atomic E-state index is -3.03. The fourth-order valence-corrected chi connectivity index (χ4v) is 3.11. The minimum Gasteiger partial charge on any atom is -0.212 e. The van der Waals surface area contributed by atoms with Crippen molar-refractivity contribution in [2.75, 3.05) is 0 Å². The number of nitrogens with one attached hydrogen (secondary N) is 1. The third kappa shape index (κ3) is 1.09. The normalized spacial score (nSPS) is 39.1. The van der Waals surface area contributed by atoms with Gasteiger partial charge in [0.2, 0.25) is 10.0 Å². The molecule has 3 aliphatic carbocycles. The zero-order chi connectivity index (χ0) is 8.98. The molecule has 12 heavy (non-hydrogen) atoms. The van der Waals surface area contributed by atoms with Gasteiger partial charge in [-0.2, -0.15) is 0 Å². The predicted octanol–water partition coefficient (Wildman–Crippen LogP) is 0.867. The van der Waals surface area contributed by atoms with Crippen molar-refractivity contribution in [2.24, 2.45) is 5.92 Å². The zero-order valence-electron chi connectivity index (χ0n) is 7.50. The molecule has 3 fully saturated rings. The van der Waals surface area contributed by atoms with Crippen LogP contribution in [0.5, 0.6) is 0 Å². The van der Waals surface area contributed by atoms with Gasteiger partial charge < -0.3 is 0 Å². The fourth-order valence-electron chi connectivity index (χ4n) is 2.02. The van der Waals surface area contributed by atoms with E-state index in [4.69, 9.17) is 0 Å². The first-order valence-corrected chi connectivity index (χ1v) is 6.01. The highest BCUT2D eigenvalue weighted by Gasteiger charge is 2.58. The fraction of sp³-hybridized carbons (Fsp3) is 1.00. The molecule has 0 aliphatic heterocycles. The Morgan fingerprint density at radius 1 is 1.33 bits per heavy atom. The molecule has 0 unspecified atom stereocenters. The lowest BCUT2D eigenvalue weighted by atomic mass is 9.50. The molecule has 0 heterocycles. The summed E-state index contributed by atoms with van der Waals surface area (Å²) in [6, 6.07) is 0. The number of sulfonamides is 1. The maximum Gasteiger partial charge on any atom is 0.214 e. The predicted molar refractivity (Wildman–Crippen MR) is 47.3 cm³/mol. The second-order valence-corrected chi connectivity index (χ2v) is 6.69. The van der Waals surface area contributed by atoms with Gasteiger partial charge in [-0.15, -0.1) is 0 Å². The molecule has 0 aromatic carbocycles. The van der Waals surface area contributed by atoms with Gasteiger partial charge in [0.25, 0.3) is 0 Å². The lowest BCUT2D eigenvalue weighted by molar-refractivity contribution is -0.0319. The number of rotatable bonds is 3. The van der Waals surface area contributed by atoms with Crippen LogP contribution in [0.4, 0.5) is 0 Å². The molecule has 0 amide bonds. The van der Waals surface area contributed by atoms with E-state index < -0.39 is 10.0 Å². The van der Waals surface area contributed by atoms with Crippen LogP contribution in [0.2, 0.25) is 0 Å². The molecule has 0 spiro atoms. The quantitative estimate of drug-likeness (QED) is 0.716. The van der Waals surface area contributed by atoms with Gasteiger partial charge >= 0.3 is 0 Å². The lowest BCUT2D eigenvalue weighted by Gasteiger charge is -2.61. The maximum atomic E-state index is 11.5. The smallest absolute Gasteiger partial charge is 0.212 e. The Kier molecular flexibility index (Phi) is 1.58. The first kappa shape index (κ1) is 8.51. The van der Waals surface area contributed by atoms with Crippen LogP contribution in [0.1, 0.15) is 33.1 Å². The molecule has 2 bridgehead atoms. The van der Waals surface area contributed by atoms with Crippen molar-refractivity contribution in [3.8, 4) is 0 Å². The molecule has 3 rings (SSSR count). The van der Waals surface area contributed by atoms with Crippen molar-refractivity contribution in [1.82, 2.24) is 4.72 Å². The van der Waals surface area contributed by atoms with Gasteiger partial charge in [0, 0.05) is 5.54 Å². The Labute approximate surface area is 73.6 Å². The molecule has 3 aliphatic rings. The summed E-state index contributed by atoms with van der Waals surface area (Å²) in [7, 11) is -3.03. The number of hydrogen-bond donors (Lipinski definition) is 1. The van der Waals surface area contributed by atoms with Gasteiger partial charge in [0.05, 0.1) is 5.25 Å². The van der Waals surface area contributed by atoms with Crippen LogP contribution in [0, 0.1) is 5.92 Å². The average molecular weight is 189 g/mol. The molecular weight excluding hydrogens is 174 g/mol. The molecular formula is C8H15NO2S. The highest BCUT2D eigenvalue weighted by atomic mass is 32.2. The van der Waals surface area contributed by atoms with E-state index in [2.05, 4.69) is 4.72 Å². The summed E-state index contributed by atoms with van der Waals surface area (Å²) >= 11 is 0. The van der Waals surface area contributed by atoms with Crippen molar-refractivity contribution in [1.29, 1.82) is 0 Å². The van der Waals surface area contributed by atoms with E-state index in [1.54, 1.807) is 13.8 Å². The van der Waals surface area contributed by atoms with Gasteiger partial charge in [-0.1, -0.05) is 0 Å². The Bertz CT molecular complexity index is 277. The summed E-state index contributed by atoms with van der Waals surface area (Å²) in [6.07, 6.45) is 3.21. The summed E-state index contributed by atoms with van der Waals surface area (Å²) in [5, 5.41) is -0.300. The van der Waals surface area contributed by atoms with Crippen LogP contribution in [-0.2, 0) is 10.0 Å². The summed E-state index contributed by atoms with van der Waals surface area (Å²) in [6.45, 7) is 3.43. The number of hydrogen-bond acceptors (Lipinski definition) is 2. The molecule has 0 atom stereocenters. The Balaban J connectivity index is 2.02. The van der Waals surface area contributed by atoms with E-state index in [9.17, 15) is 8.42 Å². The molecule has 4 heteroatoms. The van der Waals surface area contributed by atoms with Crippen molar-refractivity contribution in [3.05, 3.63) is 0 Å². The van der Waals surface area contributed by atoms with Crippen LogP contribution >= 0.6 is 0 Å². The monoisotopic (exact) mass is 189 g/mol. The molecule has 1 N–H and O–H groups in total. The first-order valence-electron chi connectivity index (χ1n) is 4.46. The highest BCUT2D eigenvalue weighted by molar-refractivity contribution is 7.90. The lowest BCUT2D eigenvalue weighted by Crippen LogP contribution is -2.68. The average Bonchev–Trinajstić information content (AvgIpc) is 1.76. The summed E-state index contributed by atoms with van der Waals surface area (Å²) in [4.78, 5) is 0. The first-order chi connectivity index (χ1) is 5.44. The molecule has 3 nitrogen and oxygen atoms in total. The van der Waals surface area contributed by atoms with Crippen LogP contribution in [-0.4, -0.2) is 19.2 Å². The summed E-state index contributed by atoms with van der Waals surface area (Å²) < 4.78 is 25.7. The minimum absolute atomic E-state index is 0.00618. The SMILES string of the molecule is CC(C)S(=O)(=O)NC12CC(C1)C2. The second-order valence-electron chi connectivity index (χ2n) is 4.45. The van der Waals surface area contributed by atoms with E-state index in [0.29, 0.717) is 0 Å². The van der Waals surface area contributed by atoms with Gasteiger partial charge in [-0.25, -0.2) is 13.1 Å². The van der Waals surface area contributed by atoms with Crippen LogP contribution in [0.15, 0.2) is 0 Å². The third-order valence-corrected chi connectivity index (χ3v) is 4.98. The second kappa shape index (κ2) is 2.23. The van der Waals surface area contributed by atoms with Crippen molar-refractivity contribution in [2.45, 2.75) is 43.9 Å². The Morgan fingerprint density at radius 3 is 2.08 bits per heavy atom. The maximum absolute atomic E-state index is 11.5. The summed E-state index contributed by atoms with van der Waals surface area (Å²) in [5.74, 6) is 0.819. The summed E-state index contributed by atoms with van der Waals surface area (Å²) in [5.41, 5.74) is -0.00618. The molecule has 3 saturated carbocycles. The molecule has 70 valence electrons. The van der Waals surface area contributed by atoms with Crippen LogP contribution < -0.4 is 4.72 Å².